The Morgan fingerprint density at radius 2 is 2.23 bits per heavy atom. The van der Waals surface area contributed by atoms with Crippen molar-refractivity contribution in [2.75, 3.05) is 0 Å². The Bertz CT molecular complexity index is 346. The summed E-state index contributed by atoms with van der Waals surface area (Å²) in [6.07, 6.45) is -2.37. The third-order valence-electron chi connectivity index (χ3n) is 1.34. The van der Waals surface area contributed by atoms with E-state index in [1.807, 2.05) is 22.6 Å². The molecule has 1 heterocycles. The highest BCUT2D eigenvalue weighted by molar-refractivity contribution is 14.1. The van der Waals surface area contributed by atoms with Crippen molar-refractivity contribution in [2.24, 2.45) is 0 Å². The molecule has 0 N–H and O–H groups in total. The van der Waals surface area contributed by atoms with Crippen LogP contribution < -0.4 is 0 Å². The predicted molar refractivity (Wildman–Crippen MR) is 55.0 cm³/mol. The van der Waals surface area contributed by atoms with E-state index in [0.29, 0.717) is 9.99 Å². The summed E-state index contributed by atoms with van der Waals surface area (Å²) < 4.78 is 25.5. The number of rotatable bonds is 2. The van der Waals surface area contributed by atoms with E-state index < -0.39 is 6.43 Å². The van der Waals surface area contributed by atoms with Gasteiger partial charge >= 0.3 is 0 Å². The minimum Gasteiger partial charge on any atom is -0.296 e. The lowest BCUT2D eigenvalue weighted by Crippen LogP contribution is -2.00. The van der Waals surface area contributed by atoms with E-state index in [2.05, 4.69) is 20.9 Å². The van der Waals surface area contributed by atoms with Crippen LogP contribution in [-0.4, -0.2) is 11.3 Å². The Morgan fingerprint density at radius 1 is 1.62 bits per heavy atom. The first-order valence-corrected chi connectivity index (χ1v) is 5.02. The molecule has 0 saturated heterocycles. The Morgan fingerprint density at radius 3 is 2.69 bits per heavy atom. The standard InChI is InChI=1S/C7H3BrF2INO/c8-3-1-5(11)12-4(2-13)6(3)7(9)10/h1-2,7H. The fourth-order valence-corrected chi connectivity index (χ4v) is 2.41. The molecule has 0 radical (unpaired) electrons. The van der Waals surface area contributed by atoms with Gasteiger partial charge in [-0.3, -0.25) is 4.79 Å². The molecule has 1 aromatic heterocycles. The molecule has 70 valence electrons. The average Bonchev–Trinajstić information content (AvgIpc) is 2.01. The van der Waals surface area contributed by atoms with Gasteiger partial charge in [-0.25, -0.2) is 13.8 Å². The van der Waals surface area contributed by atoms with Gasteiger partial charge in [0.05, 0.1) is 5.56 Å². The van der Waals surface area contributed by atoms with Crippen LogP contribution >= 0.6 is 38.5 Å². The van der Waals surface area contributed by atoms with Crippen LogP contribution in [0.5, 0.6) is 0 Å². The summed E-state index contributed by atoms with van der Waals surface area (Å²) in [5, 5.41) is 0. The van der Waals surface area contributed by atoms with Crippen LogP contribution in [-0.2, 0) is 0 Å². The lowest BCUT2D eigenvalue weighted by molar-refractivity contribution is 0.110. The van der Waals surface area contributed by atoms with Gasteiger partial charge in [-0.05, 0) is 28.7 Å². The van der Waals surface area contributed by atoms with E-state index in [4.69, 9.17) is 0 Å². The van der Waals surface area contributed by atoms with Gasteiger partial charge in [-0.2, -0.15) is 0 Å². The van der Waals surface area contributed by atoms with Crippen molar-refractivity contribution in [3.05, 3.63) is 25.5 Å². The maximum absolute atomic E-state index is 12.4. The molecule has 0 bridgehead atoms. The number of hydrogen-bond donors (Lipinski definition) is 0. The predicted octanol–water partition coefficient (Wildman–Crippen LogP) is 3.20. The molecule has 0 fully saturated rings. The number of carbonyl (C=O) groups is 1. The molecule has 0 aliphatic carbocycles. The van der Waals surface area contributed by atoms with Gasteiger partial charge in [0.1, 0.15) is 9.39 Å². The molecule has 0 saturated carbocycles. The van der Waals surface area contributed by atoms with Gasteiger partial charge < -0.3 is 0 Å². The first kappa shape index (κ1) is 11.0. The maximum atomic E-state index is 12.4. The van der Waals surface area contributed by atoms with Gasteiger partial charge in [-0.15, -0.1) is 0 Å². The number of halogens is 4. The molecule has 1 aromatic rings. The molecule has 0 spiro atoms. The highest BCUT2D eigenvalue weighted by Crippen LogP contribution is 2.29. The second kappa shape index (κ2) is 4.41. The Labute approximate surface area is 95.0 Å². The summed E-state index contributed by atoms with van der Waals surface area (Å²) in [6.45, 7) is 0. The molecule has 6 heteroatoms. The Kier molecular flexibility index (Phi) is 3.72. The van der Waals surface area contributed by atoms with Gasteiger partial charge in [-0.1, -0.05) is 15.9 Å². The first-order valence-electron chi connectivity index (χ1n) is 3.15. The highest BCUT2D eigenvalue weighted by Gasteiger charge is 2.18. The number of pyridine rings is 1. The van der Waals surface area contributed by atoms with E-state index in [1.54, 1.807) is 0 Å². The quantitative estimate of drug-likeness (QED) is 0.460. The molecule has 13 heavy (non-hydrogen) atoms. The summed E-state index contributed by atoms with van der Waals surface area (Å²) in [4.78, 5) is 14.1. The molecule has 0 atom stereocenters. The van der Waals surface area contributed by atoms with E-state index in [-0.39, 0.29) is 15.7 Å². The Hall–Kier alpha value is -0.110. The van der Waals surface area contributed by atoms with E-state index in [1.165, 1.54) is 6.07 Å². The number of hydrogen-bond acceptors (Lipinski definition) is 2. The highest BCUT2D eigenvalue weighted by atomic mass is 127. The van der Waals surface area contributed by atoms with E-state index in [0.717, 1.165) is 0 Å². The van der Waals surface area contributed by atoms with Crippen molar-refractivity contribution >= 4 is 44.8 Å². The van der Waals surface area contributed by atoms with Gasteiger partial charge in [0, 0.05) is 4.47 Å². The zero-order valence-corrected chi connectivity index (χ0v) is 9.84. The molecule has 2 nitrogen and oxygen atoms in total. The summed E-state index contributed by atoms with van der Waals surface area (Å²) in [5.74, 6) is 0. The average molecular weight is 362 g/mol. The second-order valence-corrected chi connectivity index (χ2v) is 4.10. The van der Waals surface area contributed by atoms with Crippen molar-refractivity contribution in [3.63, 3.8) is 0 Å². The van der Waals surface area contributed by atoms with Crippen LogP contribution in [0.3, 0.4) is 0 Å². The number of nitrogens with zero attached hydrogens (tertiary/aromatic N) is 1. The number of aromatic nitrogens is 1. The lowest BCUT2D eigenvalue weighted by atomic mass is 10.2. The third kappa shape index (κ3) is 2.43. The minimum absolute atomic E-state index is 0.212. The SMILES string of the molecule is O=Cc1nc(I)cc(Br)c1C(F)F. The van der Waals surface area contributed by atoms with Crippen molar-refractivity contribution < 1.29 is 13.6 Å². The zero-order chi connectivity index (χ0) is 10.0. The van der Waals surface area contributed by atoms with Crippen LogP contribution in [0.25, 0.3) is 0 Å². The number of carbonyl (C=O) groups excluding carboxylic acids is 1. The fraction of sp³-hybridized carbons (Fsp3) is 0.143. The van der Waals surface area contributed by atoms with Crippen molar-refractivity contribution in [2.45, 2.75) is 6.43 Å². The molecular formula is C7H3BrF2INO. The largest absolute Gasteiger partial charge is 0.296 e. The molecule has 0 unspecified atom stereocenters. The summed E-state index contributed by atoms with van der Waals surface area (Å²) in [6, 6.07) is 1.44. The maximum Gasteiger partial charge on any atom is 0.267 e. The first-order chi connectivity index (χ1) is 6.06. The van der Waals surface area contributed by atoms with Gasteiger partial charge in [0.2, 0.25) is 0 Å². The molecule has 1 rings (SSSR count). The smallest absolute Gasteiger partial charge is 0.267 e. The normalized spacial score (nSPS) is 10.5. The summed E-state index contributed by atoms with van der Waals surface area (Å²) in [7, 11) is 0. The van der Waals surface area contributed by atoms with Gasteiger partial charge in [0.25, 0.3) is 6.43 Å². The topological polar surface area (TPSA) is 30.0 Å². The van der Waals surface area contributed by atoms with Crippen molar-refractivity contribution in [1.29, 1.82) is 0 Å². The number of aldehydes is 1. The lowest BCUT2D eigenvalue weighted by Gasteiger charge is -2.05. The van der Waals surface area contributed by atoms with E-state index >= 15 is 0 Å². The zero-order valence-electron chi connectivity index (χ0n) is 6.10. The van der Waals surface area contributed by atoms with Crippen LogP contribution in [0, 0.1) is 3.70 Å². The fourth-order valence-electron chi connectivity index (χ4n) is 0.818. The molecule has 0 aromatic carbocycles. The Balaban J connectivity index is 3.38. The second-order valence-electron chi connectivity index (χ2n) is 2.14. The van der Waals surface area contributed by atoms with Crippen LogP contribution in [0.2, 0.25) is 0 Å². The van der Waals surface area contributed by atoms with Crippen LogP contribution in [0.1, 0.15) is 22.5 Å². The molecule has 0 aliphatic heterocycles. The molecule has 0 aliphatic rings. The minimum atomic E-state index is -2.70. The van der Waals surface area contributed by atoms with Crippen LogP contribution in [0.15, 0.2) is 10.5 Å². The summed E-state index contributed by atoms with van der Waals surface area (Å²) >= 11 is 4.81. The van der Waals surface area contributed by atoms with Crippen molar-refractivity contribution in [3.8, 4) is 0 Å². The van der Waals surface area contributed by atoms with Crippen molar-refractivity contribution in [1.82, 2.24) is 4.98 Å². The summed E-state index contributed by atoms with van der Waals surface area (Å²) in [5.41, 5.74) is -0.566. The van der Waals surface area contributed by atoms with Gasteiger partial charge in [0.15, 0.2) is 6.29 Å². The monoisotopic (exact) mass is 361 g/mol. The van der Waals surface area contributed by atoms with E-state index in [9.17, 15) is 13.6 Å². The molecule has 0 amide bonds. The molecular weight excluding hydrogens is 359 g/mol. The third-order valence-corrected chi connectivity index (χ3v) is 2.54. The number of alkyl halides is 2. The van der Waals surface area contributed by atoms with Crippen LogP contribution in [0.4, 0.5) is 8.78 Å².